The summed E-state index contributed by atoms with van der Waals surface area (Å²) in [4.78, 5) is 0. The van der Waals surface area contributed by atoms with E-state index in [4.69, 9.17) is 15.7 Å². The fourth-order valence-electron chi connectivity index (χ4n) is 2.35. The van der Waals surface area contributed by atoms with E-state index >= 15 is 0 Å². The van der Waals surface area contributed by atoms with Gasteiger partial charge in [-0.3, -0.25) is 0 Å². The first-order valence-electron chi connectivity index (χ1n) is 7.33. The van der Waals surface area contributed by atoms with Crippen molar-refractivity contribution in [1.82, 2.24) is 0 Å². The Morgan fingerprint density at radius 1 is 0.870 bits per heavy atom. The first kappa shape index (κ1) is 14.7. The lowest BCUT2D eigenvalue weighted by molar-refractivity contribution is 0.306. The molecular weight excluding hydrogens is 284 g/mol. The van der Waals surface area contributed by atoms with Crippen molar-refractivity contribution in [3.05, 3.63) is 83.9 Å². The Kier molecular flexibility index (Phi) is 4.26. The summed E-state index contributed by atoms with van der Waals surface area (Å²) in [5.41, 5.74) is 9.96. The number of nitrogens with zero attached hydrogens (tertiary/aromatic N) is 1. The minimum absolute atomic E-state index is 0.487. The van der Waals surface area contributed by atoms with Crippen molar-refractivity contribution in [3.8, 4) is 22.9 Å². The highest BCUT2D eigenvalue weighted by atomic mass is 16.5. The Morgan fingerprint density at radius 3 is 2.39 bits per heavy atom. The van der Waals surface area contributed by atoms with Gasteiger partial charge in [0.15, 0.2) is 0 Å². The molecule has 0 spiro atoms. The van der Waals surface area contributed by atoms with Crippen LogP contribution in [0.1, 0.15) is 11.1 Å². The second kappa shape index (κ2) is 6.67. The number of anilines is 1. The predicted molar refractivity (Wildman–Crippen MR) is 91.8 cm³/mol. The van der Waals surface area contributed by atoms with E-state index in [-0.39, 0.29) is 0 Å². The van der Waals surface area contributed by atoms with Gasteiger partial charge >= 0.3 is 0 Å². The molecule has 112 valence electrons. The van der Waals surface area contributed by atoms with Crippen molar-refractivity contribution in [2.45, 2.75) is 6.61 Å². The van der Waals surface area contributed by atoms with E-state index in [1.54, 1.807) is 6.07 Å². The van der Waals surface area contributed by atoms with Gasteiger partial charge in [0.25, 0.3) is 0 Å². The lowest BCUT2D eigenvalue weighted by atomic mass is 10.0. The molecule has 3 heteroatoms. The van der Waals surface area contributed by atoms with Gasteiger partial charge in [0, 0.05) is 0 Å². The van der Waals surface area contributed by atoms with E-state index in [1.165, 1.54) is 0 Å². The number of nitriles is 1. The lowest BCUT2D eigenvalue weighted by Gasteiger charge is -2.09. The maximum atomic E-state index is 8.95. The summed E-state index contributed by atoms with van der Waals surface area (Å²) >= 11 is 0. The number of hydrogen-bond donors (Lipinski definition) is 1. The van der Waals surface area contributed by atoms with Gasteiger partial charge in [-0.1, -0.05) is 48.5 Å². The van der Waals surface area contributed by atoms with Gasteiger partial charge in [-0.2, -0.15) is 5.26 Å². The molecule has 0 aromatic heterocycles. The molecular formula is C20H16N2O. The Morgan fingerprint density at radius 2 is 1.65 bits per heavy atom. The molecule has 3 nitrogen and oxygen atoms in total. The molecule has 23 heavy (non-hydrogen) atoms. The lowest BCUT2D eigenvalue weighted by Crippen LogP contribution is -1.95. The van der Waals surface area contributed by atoms with Gasteiger partial charge in [0.2, 0.25) is 0 Å². The third kappa shape index (κ3) is 3.50. The second-order valence-corrected chi connectivity index (χ2v) is 5.22. The molecule has 0 saturated heterocycles. The van der Waals surface area contributed by atoms with Crippen molar-refractivity contribution >= 4 is 5.69 Å². The van der Waals surface area contributed by atoms with E-state index in [0.29, 0.717) is 17.9 Å². The van der Waals surface area contributed by atoms with Crippen molar-refractivity contribution in [3.63, 3.8) is 0 Å². The van der Waals surface area contributed by atoms with Crippen LogP contribution in [0.5, 0.6) is 5.75 Å². The molecule has 0 bridgehead atoms. The number of nitrogen functional groups attached to an aromatic ring is 1. The van der Waals surface area contributed by atoms with E-state index in [9.17, 15) is 0 Å². The average molecular weight is 300 g/mol. The highest BCUT2D eigenvalue weighted by Gasteiger charge is 2.04. The van der Waals surface area contributed by atoms with Crippen LogP contribution in [0.3, 0.4) is 0 Å². The minimum atomic E-state index is 0.487. The monoisotopic (exact) mass is 300 g/mol. The number of ether oxygens (including phenoxy) is 1. The number of rotatable bonds is 4. The summed E-state index contributed by atoms with van der Waals surface area (Å²) in [6.07, 6.45) is 0. The predicted octanol–water partition coefficient (Wildman–Crippen LogP) is 4.39. The molecule has 3 aromatic carbocycles. The van der Waals surface area contributed by atoms with Gasteiger partial charge in [-0.15, -0.1) is 0 Å². The van der Waals surface area contributed by atoms with Crippen molar-refractivity contribution in [2.24, 2.45) is 0 Å². The maximum Gasteiger partial charge on any atom is 0.120 e. The molecule has 0 heterocycles. The van der Waals surface area contributed by atoms with Crippen LogP contribution in [0.15, 0.2) is 72.8 Å². The van der Waals surface area contributed by atoms with Crippen molar-refractivity contribution < 1.29 is 4.74 Å². The molecule has 0 radical (unpaired) electrons. The summed E-state index contributed by atoms with van der Waals surface area (Å²) in [6, 6.07) is 25.4. The largest absolute Gasteiger partial charge is 0.489 e. The standard InChI is InChI=1S/C20H16N2O/c21-13-18-10-9-17(12-20(18)22)16-7-4-8-19(11-16)23-14-15-5-2-1-3-6-15/h1-12H,14,22H2. The van der Waals surface area contributed by atoms with Crippen molar-refractivity contribution in [1.29, 1.82) is 5.26 Å². The third-order valence-electron chi connectivity index (χ3n) is 3.59. The molecule has 2 N–H and O–H groups in total. The molecule has 0 aliphatic rings. The normalized spacial score (nSPS) is 10.0. The van der Waals surface area contributed by atoms with Gasteiger partial charge < -0.3 is 10.5 Å². The zero-order valence-electron chi connectivity index (χ0n) is 12.6. The second-order valence-electron chi connectivity index (χ2n) is 5.22. The molecule has 0 atom stereocenters. The quantitative estimate of drug-likeness (QED) is 0.727. The SMILES string of the molecule is N#Cc1ccc(-c2cccc(OCc3ccccc3)c2)cc1N. The van der Waals surface area contributed by atoms with Crippen LogP contribution in [0.2, 0.25) is 0 Å². The van der Waals surface area contributed by atoms with Crippen LogP contribution in [0, 0.1) is 11.3 Å². The number of hydrogen-bond acceptors (Lipinski definition) is 3. The Balaban J connectivity index is 1.80. The summed E-state index contributed by atoms with van der Waals surface area (Å²) in [5.74, 6) is 0.800. The van der Waals surface area contributed by atoms with Gasteiger partial charge in [0.1, 0.15) is 18.4 Å². The molecule has 0 aliphatic heterocycles. The molecule has 3 rings (SSSR count). The topological polar surface area (TPSA) is 59.0 Å². The molecule has 0 aliphatic carbocycles. The number of benzene rings is 3. The summed E-state index contributed by atoms with van der Waals surface area (Å²) in [5, 5.41) is 8.95. The van der Waals surface area contributed by atoms with Crippen LogP contribution in [-0.4, -0.2) is 0 Å². The first-order chi connectivity index (χ1) is 11.3. The molecule has 0 saturated carbocycles. The van der Waals surface area contributed by atoms with Crippen LogP contribution in [0.4, 0.5) is 5.69 Å². The molecule has 3 aromatic rings. The summed E-state index contributed by atoms with van der Waals surface area (Å²) in [7, 11) is 0. The molecule has 0 fully saturated rings. The fourth-order valence-corrected chi connectivity index (χ4v) is 2.35. The van der Waals surface area contributed by atoms with Crippen LogP contribution in [-0.2, 0) is 6.61 Å². The van der Waals surface area contributed by atoms with E-state index < -0.39 is 0 Å². The summed E-state index contributed by atoms with van der Waals surface area (Å²) < 4.78 is 5.85. The number of nitrogens with two attached hydrogens (primary N) is 1. The fraction of sp³-hybridized carbons (Fsp3) is 0.0500. The van der Waals surface area contributed by atoms with Crippen LogP contribution < -0.4 is 10.5 Å². The zero-order valence-corrected chi connectivity index (χ0v) is 12.6. The molecule has 0 unspecified atom stereocenters. The van der Waals surface area contributed by atoms with E-state index in [0.717, 1.165) is 22.4 Å². The van der Waals surface area contributed by atoms with E-state index in [1.807, 2.05) is 66.7 Å². The summed E-state index contributed by atoms with van der Waals surface area (Å²) in [6.45, 7) is 0.528. The Hall–Kier alpha value is -3.25. The maximum absolute atomic E-state index is 8.95. The highest BCUT2D eigenvalue weighted by molar-refractivity contribution is 5.71. The Labute approximate surface area is 135 Å². The van der Waals surface area contributed by atoms with Gasteiger partial charge in [0.05, 0.1) is 11.3 Å². The van der Waals surface area contributed by atoms with Crippen LogP contribution in [0.25, 0.3) is 11.1 Å². The smallest absolute Gasteiger partial charge is 0.120 e. The van der Waals surface area contributed by atoms with Gasteiger partial charge in [-0.05, 0) is 41.0 Å². The average Bonchev–Trinajstić information content (AvgIpc) is 2.61. The van der Waals surface area contributed by atoms with Gasteiger partial charge in [-0.25, -0.2) is 0 Å². The minimum Gasteiger partial charge on any atom is -0.489 e. The third-order valence-corrected chi connectivity index (χ3v) is 3.59. The molecule has 0 amide bonds. The zero-order chi connectivity index (χ0) is 16.1. The van der Waals surface area contributed by atoms with Crippen molar-refractivity contribution in [2.75, 3.05) is 5.73 Å². The van der Waals surface area contributed by atoms with Crippen LogP contribution >= 0.6 is 0 Å². The van der Waals surface area contributed by atoms with E-state index in [2.05, 4.69) is 6.07 Å². The Bertz CT molecular complexity index is 851. The first-order valence-corrected chi connectivity index (χ1v) is 7.33. The highest BCUT2D eigenvalue weighted by Crippen LogP contribution is 2.27.